The Balaban J connectivity index is 1.60. The van der Waals surface area contributed by atoms with Gasteiger partial charge in [-0.05, 0) is 42.5 Å². The predicted molar refractivity (Wildman–Crippen MR) is 148 cm³/mol. The molecule has 0 unspecified atom stereocenters. The number of hydrogen-bond acceptors (Lipinski definition) is 7. The van der Waals surface area contributed by atoms with Crippen molar-refractivity contribution in [1.29, 1.82) is 0 Å². The van der Waals surface area contributed by atoms with Crippen molar-refractivity contribution in [3.05, 3.63) is 91.1 Å². The van der Waals surface area contributed by atoms with Crippen LogP contribution < -0.4 is 21.9 Å². The lowest BCUT2D eigenvalue weighted by molar-refractivity contribution is -0.122. The quantitative estimate of drug-likeness (QED) is 0.313. The van der Waals surface area contributed by atoms with E-state index < -0.39 is 34.3 Å². The molecule has 1 aliphatic heterocycles. The number of carbonyl (C=O) groups excluding carboxylic acids is 2. The summed E-state index contributed by atoms with van der Waals surface area (Å²) in [6.45, 7) is 7.95. The van der Waals surface area contributed by atoms with Gasteiger partial charge in [-0.25, -0.2) is 9.79 Å². The third-order valence-corrected chi connectivity index (χ3v) is 7.30. The second kappa shape index (κ2) is 11.1. The van der Waals surface area contributed by atoms with Crippen molar-refractivity contribution in [3.8, 4) is 5.88 Å². The zero-order chi connectivity index (χ0) is 27.6. The van der Waals surface area contributed by atoms with Crippen LogP contribution in [0.25, 0.3) is 0 Å². The summed E-state index contributed by atoms with van der Waals surface area (Å²) in [4.78, 5) is 58.5. The first-order valence-corrected chi connectivity index (χ1v) is 13.0. The Hall–Kier alpha value is -4.12. The highest BCUT2D eigenvalue weighted by atomic mass is 32.2. The number of benzene rings is 2. The summed E-state index contributed by atoms with van der Waals surface area (Å²) < 4.78 is 0. The number of amidine groups is 1. The van der Waals surface area contributed by atoms with Gasteiger partial charge in [-0.3, -0.25) is 24.4 Å². The number of nitrogens with zero attached hydrogens (tertiary/aromatic N) is 1. The predicted octanol–water partition coefficient (Wildman–Crippen LogP) is 3.21. The molecule has 1 saturated heterocycles. The summed E-state index contributed by atoms with van der Waals surface area (Å²) in [5.41, 5.74) is 2.49. The van der Waals surface area contributed by atoms with Crippen LogP contribution in [0.5, 0.6) is 5.88 Å². The number of aryl methyl sites for hydroxylation is 2. The van der Waals surface area contributed by atoms with Crippen LogP contribution in [0.3, 0.4) is 0 Å². The number of carbonyl (C=O) groups is 2. The molecule has 1 aromatic heterocycles. The number of rotatable bonds is 7. The summed E-state index contributed by atoms with van der Waals surface area (Å²) in [5.74, 6) is -1.04. The Morgan fingerprint density at radius 3 is 2.37 bits per heavy atom. The van der Waals surface area contributed by atoms with Crippen molar-refractivity contribution in [2.45, 2.75) is 51.3 Å². The van der Waals surface area contributed by atoms with E-state index in [1.807, 2.05) is 58.0 Å². The number of hydrogen-bond donors (Lipinski definition) is 5. The fraction of sp³-hybridized carbons (Fsp3) is 0.296. The van der Waals surface area contributed by atoms with Gasteiger partial charge < -0.3 is 15.7 Å². The molecule has 10 nitrogen and oxygen atoms in total. The Morgan fingerprint density at radius 1 is 1.05 bits per heavy atom. The average Bonchev–Trinajstić information content (AvgIpc) is 3.18. The van der Waals surface area contributed by atoms with E-state index >= 15 is 0 Å². The van der Waals surface area contributed by atoms with Gasteiger partial charge in [0.25, 0.3) is 5.56 Å². The normalized spacial score (nSPS) is 17.0. The van der Waals surface area contributed by atoms with Crippen LogP contribution in [0.4, 0.5) is 5.69 Å². The van der Waals surface area contributed by atoms with E-state index in [1.54, 1.807) is 12.1 Å². The minimum atomic E-state index is -1.03. The highest BCUT2D eigenvalue weighted by Crippen LogP contribution is 2.32. The summed E-state index contributed by atoms with van der Waals surface area (Å²) in [5, 5.41) is 15.4. The van der Waals surface area contributed by atoms with Gasteiger partial charge in [0, 0.05) is 12.1 Å². The third kappa shape index (κ3) is 6.05. The van der Waals surface area contributed by atoms with Crippen molar-refractivity contribution in [2.24, 2.45) is 4.99 Å². The lowest BCUT2D eigenvalue weighted by atomic mass is 9.96. The van der Waals surface area contributed by atoms with Crippen molar-refractivity contribution < 1.29 is 14.7 Å². The molecule has 2 heterocycles. The minimum Gasteiger partial charge on any atom is -0.494 e. The molecule has 1 fully saturated rings. The molecule has 2 amide bonds. The molecule has 3 aromatic rings. The van der Waals surface area contributed by atoms with Crippen molar-refractivity contribution in [2.75, 3.05) is 5.32 Å². The van der Waals surface area contributed by atoms with Crippen LogP contribution in [0.2, 0.25) is 0 Å². The summed E-state index contributed by atoms with van der Waals surface area (Å²) in [7, 11) is 0. The van der Waals surface area contributed by atoms with Crippen LogP contribution in [-0.2, 0) is 9.59 Å². The number of thioether (sulfide) groups is 1. The van der Waals surface area contributed by atoms with Crippen LogP contribution >= 0.6 is 11.8 Å². The van der Waals surface area contributed by atoms with Gasteiger partial charge >= 0.3 is 5.69 Å². The van der Waals surface area contributed by atoms with E-state index in [1.165, 1.54) is 0 Å². The molecule has 0 bridgehead atoms. The van der Waals surface area contributed by atoms with E-state index in [2.05, 4.69) is 25.6 Å². The van der Waals surface area contributed by atoms with Gasteiger partial charge in [0.2, 0.25) is 17.7 Å². The number of amides is 2. The number of anilines is 1. The first-order chi connectivity index (χ1) is 18.0. The molecule has 2 atom stereocenters. The molecule has 0 aliphatic carbocycles. The number of nitrogens with one attached hydrogen (secondary N) is 4. The molecule has 198 valence electrons. The van der Waals surface area contributed by atoms with E-state index in [-0.39, 0.29) is 29.0 Å². The summed E-state index contributed by atoms with van der Waals surface area (Å²) >= 11 is 1.07. The molecule has 38 heavy (non-hydrogen) atoms. The van der Waals surface area contributed by atoms with Crippen molar-refractivity contribution in [1.82, 2.24) is 15.3 Å². The molecular weight excluding hydrogens is 506 g/mol. The number of aliphatic imine (C=N–C) groups is 1. The zero-order valence-electron chi connectivity index (χ0n) is 21.4. The molecule has 1 aliphatic rings. The third-order valence-electron chi connectivity index (χ3n) is 6.20. The van der Waals surface area contributed by atoms with Gasteiger partial charge in [-0.15, -0.1) is 0 Å². The van der Waals surface area contributed by atoms with Gasteiger partial charge in [0.1, 0.15) is 16.9 Å². The highest BCUT2D eigenvalue weighted by Gasteiger charge is 2.34. The SMILES string of the molecule is Cc1ccc(NC(=O)C[C@@H]2SC(=N[C@@H](c3ccc(C(C)C)cc3)c3c(O)[nH]c(=O)[nH]c3=O)NC2=O)c(C)c1. The monoisotopic (exact) mass is 535 g/mol. The van der Waals surface area contributed by atoms with Crippen LogP contribution in [0.1, 0.15) is 60.0 Å². The highest BCUT2D eigenvalue weighted by molar-refractivity contribution is 8.15. The number of aromatic hydroxyl groups is 1. The van der Waals surface area contributed by atoms with Crippen LogP contribution in [0, 0.1) is 13.8 Å². The number of aromatic nitrogens is 2. The minimum absolute atomic E-state index is 0.0823. The molecular formula is C27H29N5O5S. The topological polar surface area (TPSA) is 157 Å². The molecule has 2 aromatic carbocycles. The first kappa shape index (κ1) is 26.9. The number of aromatic amines is 2. The van der Waals surface area contributed by atoms with Gasteiger partial charge in [0.05, 0.1) is 0 Å². The van der Waals surface area contributed by atoms with Gasteiger partial charge in [-0.1, -0.05) is 67.6 Å². The van der Waals surface area contributed by atoms with E-state index in [9.17, 15) is 24.3 Å². The smallest absolute Gasteiger partial charge is 0.328 e. The maximum atomic E-state index is 12.7. The molecule has 0 spiro atoms. The lowest BCUT2D eigenvalue weighted by Gasteiger charge is -2.16. The summed E-state index contributed by atoms with van der Waals surface area (Å²) in [6.07, 6.45) is -0.0823. The Kier molecular flexibility index (Phi) is 7.86. The maximum Gasteiger partial charge on any atom is 0.328 e. The Bertz CT molecular complexity index is 1520. The van der Waals surface area contributed by atoms with E-state index in [0.29, 0.717) is 11.3 Å². The fourth-order valence-electron chi connectivity index (χ4n) is 4.15. The molecule has 11 heteroatoms. The first-order valence-electron chi connectivity index (χ1n) is 12.1. The van der Waals surface area contributed by atoms with E-state index in [4.69, 9.17) is 0 Å². The molecule has 5 N–H and O–H groups in total. The van der Waals surface area contributed by atoms with Gasteiger partial charge in [0.15, 0.2) is 5.17 Å². The van der Waals surface area contributed by atoms with E-state index in [0.717, 1.165) is 28.5 Å². The second-order valence-electron chi connectivity index (χ2n) is 9.50. The molecule has 0 saturated carbocycles. The van der Waals surface area contributed by atoms with Crippen LogP contribution in [-0.4, -0.2) is 37.3 Å². The van der Waals surface area contributed by atoms with Gasteiger partial charge in [-0.2, -0.15) is 0 Å². The zero-order valence-corrected chi connectivity index (χ0v) is 22.2. The number of H-pyrrole nitrogens is 2. The molecule has 4 rings (SSSR count). The standard InChI is InChI=1S/C27H29N5O5S/c1-13(2)16-6-8-17(9-7-16)22(21-24(35)30-26(37)31-25(21)36)29-27-32-23(34)19(38-27)12-20(33)28-18-10-5-14(3)11-15(18)4/h5-11,13,19,22H,12H2,1-4H3,(H,28,33)(H,29,32,34)(H3,30,31,35,36,37)/t19-,22-/m0/s1. The van der Waals surface area contributed by atoms with Crippen molar-refractivity contribution in [3.63, 3.8) is 0 Å². The average molecular weight is 536 g/mol. The largest absolute Gasteiger partial charge is 0.494 e. The molecule has 0 radical (unpaired) electrons. The second-order valence-corrected chi connectivity index (χ2v) is 10.7. The van der Waals surface area contributed by atoms with Crippen molar-refractivity contribution >= 4 is 34.4 Å². The fourth-order valence-corrected chi connectivity index (χ4v) is 5.14. The Morgan fingerprint density at radius 2 is 1.74 bits per heavy atom. The Labute approximate surface area is 223 Å². The lowest BCUT2D eigenvalue weighted by Crippen LogP contribution is -2.29. The summed E-state index contributed by atoms with van der Waals surface area (Å²) in [6, 6.07) is 12.0. The van der Waals surface area contributed by atoms with Crippen LogP contribution in [0.15, 0.2) is 57.0 Å². The maximum absolute atomic E-state index is 12.7.